The zero-order valence-corrected chi connectivity index (χ0v) is 26.5. The number of benzene rings is 3. The van der Waals surface area contributed by atoms with Crippen LogP contribution in [0.3, 0.4) is 0 Å². The van der Waals surface area contributed by atoms with Gasteiger partial charge in [0, 0.05) is 26.6 Å². The summed E-state index contributed by atoms with van der Waals surface area (Å²) < 4.78 is 13.0. The Bertz CT molecular complexity index is 1760. The molecule has 1 unspecified atom stereocenters. The number of hydrogen-bond acceptors (Lipinski definition) is 3. The maximum absolute atomic E-state index is 6.63. The predicted molar refractivity (Wildman–Crippen MR) is 161 cm³/mol. The van der Waals surface area contributed by atoms with Crippen LogP contribution in [-0.2, 0) is 24.4 Å². The summed E-state index contributed by atoms with van der Waals surface area (Å²) in [5.41, 5.74) is 3.24. The van der Waals surface area contributed by atoms with Gasteiger partial charge in [-0.15, -0.1) is 22.7 Å². The summed E-state index contributed by atoms with van der Waals surface area (Å²) in [4.78, 5) is 0. The molecule has 0 spiro atoms. The highest BCUT2D eigenvalue weighted by atomic mass is 79.9. The standard InChI is InChI=1S/C29H21Cl4N2OS2.BrH/c30-20-7-8-23(26(33)11-20)27(36-14-19-16-38-29-22(19)4-2-6-25(29)32)13-35-10-9-34(17-35)12-18-15-37-28-21(18)3-1-5-24(28)31;/h1-11,15-17,27H,12-14H2;1H/q+1;/p-1. The Kier molecular flexibility index (Phi) is 9.26. The SMILES string of the molecule is Clc1ccc(C(Cn2cc[n+](Cc3csc4c(Cl)cccc34)c2)OCc2csc3c(Cl)cccc23)c(Cl)c1.[Br-]. The van der Waals surface area contributed by atoms with E-state index in [1.54, 1.807) is 28.7 Å². The number of rotatable bonds is 8. The van der Waals surface area contributed by atoms with E-state index in [0.29, 0.717) is 23.2 Å². The van der Waals surface area contributed by atoms with E-state index in [-0.39, 0.29) is 23.1 Å². The lowest BCUT2D eigenvalue weighted by Crippen LogP contribution is -3.00. The predicted octanol–water partition coefficient (Wildman–Crippen LogP) is 6.83. The molecule has 0 radical (unpaired) electrons. The first kappa shape index (κ1) is 28.9. The van der Waals surface area contributed by atoms with Gasteiger partial charge in [-0.05, 0) is 46.0 Å². The summed E-state index contributed by atoms with van der Waals surface area (Å²) in [5.74, 6) is 0. The average molecular weight is 699 g/mol. The molecule has 3 heterocycles. The van der Waals surface area contributed by atoms with E-state index < -0.39 is 0 Å². The van der Waals surface area contributed by atoms with Gasteiger partial charge in [0.05, 0.1) is 26.1 Å². The van der Waals surface area contributed by atoms with Crippen LogP contribution in [0.15, 0.2) is 84.1 Å². The van der Waals surface area contributed by atoms with E-state index >= 15 is 0 Å². The zero-order chi connectivity index (χ0) is 26.2. The van der Waals surface area contributed by atoms with Crippen LogP contribution in [0.4, 0.5) is 0 Å². The maximum atomic E-state index is 6.63. The molecular weight excluding hydrogens is 678 g/mol. The number of hydrogen-bond donors (Lipinski definition) is 0. The Morgan fingerprint density at radius 3 is 2.18 bits per heavy atom. The Labute approximate surface area is 264 Å². The third kappa shape index (κ3) is 6.19. The Morgan fingerprint density at radius 1 is 0.821 bits per heavy atom. The van der Waals surface area contributed by atoms with Gasteiger partial charge in [0.2, 0.25) is 6.33 Å². The minimum Gasteiger partial charge on any atom is -1.00 e. The van der Waals surface area contributed by atoms with Gasteiger partial charge in [0.25, 0.3) is 0 Å². The van der Waals surface area contributed by atoms with Crippen LogP contribution < -0.4 is 21.5 Å². The quantitative estimate of drug-likeness (QED) is 0.160. The van der Waals surface area contributed by atoms with Gasteiger partial charge in [-0.1, -0.05) is 76.7 Å². The Balaban J connectivity index is 0.00000308. The molecule has 3 nitrogen and oxygen atoms in total. The van der Waals surface area contributed by atoms with E-state index in [4.69, 9.17) is 51.1 Å². The van der Waals surface area contributed by atoms with E-state index in [9.17, 15) is 0 Å². The average Bonchev–Trinajstić information content (AvgIpc) is 3.63. The van der Waals surface area contributed by atoms with Crippen molar-refractivity contribution >= 4 is 89.2 Å². The summed E-state index contributed by atoms with van der Waals surface area (Å²) in [5, 5.41) is 9.33. The van der Waals surface area contributed by atoms with Crippen molar-refractivity contribution in [2.24, 2.45) is 0 Å². The molecule has 0 fully saturated rings. The number of thiophene rings is 2. The number of nitrogens with zero attached hydrogens (tertiary/aromatic N) is 2. The Hall–Kier alpha value is -1.61. The molecule has 39 heavy (non-hydrogen) atoms. The third-order valence-corrected chi connectivity index (χ3v) is 10.1. The summed E-state index contributed by atoms with van der Waals surface area (Å²) in [6, 6.07) is 17.6. The molecule has 6 aromatic rings. The van der Waals surface area contributed by atoms with Crippen molar-refractivity contribution in [2.75, 3.05) is 0 Å². The van der Waals surface area contributed by atoms with Crippen molar-refractivity contribution in [1.82, 2.24) is 4.57 Å². The normalized spacial score (nSPS) is 12.2. The van der Waals surface area contributed by atoms with E-state index in [1.165, 1.54) is 10.9 Å². The monoisotopic (exact) mass is 696 g/mol. The molecule has 3 aromatic heterocycles. The lowest BCUT2D eigenvalue weighted by Gasteiger charge is -2.18. The Morgan fingerprint density at radius 2 is 1.49 bits per heavy atom. The summed E-state index contributed by atoms with van der Waals surface area (Å²) in [7, 11) is 0. The first-order chi connectivity index (χ1) is 18.5. The number of halogens is 5. The van der Waals surface area contributed by atoms with Gasteiger partial charge in [-0.25, -0.2) is 9.13 Å². The number of aromatic nitrogens is 2. The minimum atomic E-state index is -0.282. The molecule has 0 aliphatic heterocycles. The molecule has 0 amide bonds. The van der Waals surface area contributed by atoms with Crippen molar-refractivity contribution in [3.05, 3.63) is 121 Å². The summed E-state index contributed by atoms with van der Waals surface area (Å²) in [6.07, 6.45) is 5.94. The van der Waals surface area contributed by atoms with Crippen molar-refractivity contribution in [2.45, 2.75) is 25.8 Å². The zero-order valence-electron chi connectivity index (χ0n) is 20.3. The molecule has 0 saturated heterocycles. The molecule has 10 heteroatoms. The largest absolute Gasteiger partial charge is 1.00 e. The fourth-order valence-electron chi connectivity index (χ4n) is 4.61. The summed E-state index contributed by atoms with van der Waals surface area (Å²) >= 11 is 28.9. The fraction of sp³-hybridized carbons (Fsp3) is 0.138. The van der Waals surface area contributed by atoms with Crippen molar-refractivity contribution in [3.8, 4) is 0 Å². The van der Waals surface area contributed by atoms with E-state index in [2.05, 4.69) is 50.7 Å². The first-order valence-electron chi connectivity index (χ1n) is 11.9. The lowest BCUT2D eigenvalue weighted by molar-refractivity contribution is -0.687. The van der Waals surface area contributed by atoms with Crippen LogP contribution in [0.25, 0.3) is 20.2 Å². The maximum Gasteiger partial charge on any atom is 0.244 e. The molecular formula is C29H21BrCl4N2OS2. The number of fused-ring (bicyclic) bond motifs is 2. The fourth-order valence-corrected chi connectivity index (χ4v) is 7.68. The third-order valence-electron chi connectivity index (χ3n) is 6.49. The van der Waals surface area contributed by atoms with Gasteiger partial charge in [-0.2, -0.15) is 0 Å². The molecule has 6 rings (SSSR count). The van der Waals surface area contributed by atoms with E-state index in [1.807, 2.05) is 36.4 Å². The van der Waals surface area contributed by atoms with E-state index in [0.717, 1.165) is 42.5 Å². The van der Waals surface area contributed by atoms with Crippen LogP contribution in [0.1, 0.15) is 22.8 Å². The number of imidazole rings is 1. The molecule has 0 aliphatic rings. The molecule has 3 aromatic carbocycles. The molecule has 1 atom stereocenters. The second-order valence-corrected chi connectivity index (χ2v) is 12.4. The van der Waals surface area contributed by atoms with Crippen LogP contribution in [0, 0.1) is 0 Å². The minimum absolute atomic E-state index is 0. The highest BCUT2D eigenvalue weighted by Gasteiger charge is 2.21. The first-order valence-corrected chi connectivity index (χ1v) is 15.1. The smallest absolute Gasteiger partial charge is 0.244 e. The van der Waals surface area contributed by atoms with Gasteiger partial charge in [0.15, 0.2) is 0 Å². The second kappa shape index (κ2) is 12.5. The van der Waals surface area contributed by atoms with Gasteiger partial charge >= 0.3 is 0 Å². The summed E-state index contributed by atoms with van der Waals surface area (Å²) in [6.45, 7) is 1.78. The van der Waals surface area contributed by atoms with Crippen LogP contribution in [-0.4, -0.2) is 4.57 Å². The van der Waals surface area contributed by atoms with Gasteiger partial charge in [-0.3, -0.25) is 0 Å². The molecule has 200 valence electrons. The molecule has 0 bridgehead atoms. The van der Waals surface area contributed by atoms with Gasteiger partial charge < -0.3 is 21.7 Å². The molecule has 0 saturated carbocycles. The van der Waals surface area contributed by atoms with Crippen molar-refractivity contribution < 1.29 is 26.3 Å². The van der Waals surface area contributed by atoms with Gasteiger partial charge in [0.1, 0.15) is 31.6 Å². The highest BCUT2D eigenvalue weighted by molar-refractivity contribution is 7.18. The van der Waals surface area contributed by atoms with Crippen molar-refractivity contribution in [3.63, 3.8) is 0 Å². The van der Waals surface area contributed by atoms with Crippen LogP contribution >= 0.6 is 69.1 Å². The molecule has 0 aliphatic carbocycles. The highest BCUT2D eigenvalue weighted by Crippen LogP contribution is 2.35. The van der Waals surface area contributed by atoms with Crippen LogP contribution in [0.5, 0.6) is 0 Å². The topological polar surface area (TPSA) is 18.0 Å². The second-order valence-electron chi connectivity index (χ2n) is 9.00. The number of ether oxygens (including phenoxy) is 1. The lowest BCUT2D eigenvalue weighted by atomic mass is 10.1. The van der Waals surface area contributed by atoms with Crippen molar-refractivity contribution in [1.29, 1.82) is 0 Å². The van der Waals surface area contributed by atoms with Crippen LogP contribution in [0.2, 0.25) is 20.1 Å². The molecule has 0 N–H and O–H groups in total.